The van der Waals surface area contributed by atoms with Gasteiger partial charge in [-0.15, -0.1) is 12.3 Å². The van der Waals surface area contributed by atoms with E-state index in [9.17, 15) is 4.79 Å². The molecule has 3 nitrogen and oxygen atoms in total. The molecule has 1 fully saturated rings. The lowest BCUT2D eigenvalue weighted by molar-refractivity contribution is 0.0900. The normalized spacial score (nSPS) is 15.8. The fourth-order valence-corrected chi connectivity index (χ4v) is 5.00. The van der Waals surface area contributed by atoms with E-state index in [-0.39, 0.29) is 12.0 Å². The molecular formula is C27H31NO2. The maximum absolute atomic E-state index is 13.0. The van der Waals surface area contributed by atoms with Crippen LogP contribution in [0.4, 0.5) is 4.79 Å². The molecule has 30 heavy (non-hydrogen) atoms. The van der Waals surface area contributed by atoms with Crippen LogP contribution in [0.3, 0.4) is 0 Å². The lowest BCUT2D eigenvalue weighted by Crippen LogP contribution is -2.37. The van der Waals surface area contributed by atoms with E-state index in [0.29, 0.717) is 25.5 Å². The Bertz CT molecular complexity index is 862. The van der Waals surface area contributed by atoms with Crippen molar-refractivity contribution in [2.75, 3.05) is 19.7 Å². The Hall–Kier alpha value is -2.73. The summed E-state index contributed by atoms with van der Waals surface area (Å²) >= 11 is 0. The molecule has 4 rings (SSSR count). The zero-order chi connectivity index (χ0) is 20.8. The molecule has 0 aromatic heterocycles. The molecule has 0 atom stereocenters. The van der Waals surface area contributed by atoms with E-state index in [1.54, 1.807) is 0 Å². The third kappa shape index (κ3) is 4.54. The summed E-state index contributed by atoms with van der Waals surface area (Å²) in [6.07, 6.45) is 13.0. The summed E-state index contributed by atoms with van der Waals surface area (Å²) in [6.45, 7) is 1.85. The average Bonchev–Trinajstić information content (AvgIpc) is 3.11. The lowest BCUT2D eigenvalue weighted by atomic mass is 9.89. The zero-order valence-electron chi connectivity index (χ0n) is 17.7. The first-order chi connectivity index (χ1) is 14.8. The van der Waals surface area contributed by atoms with Crippen molar-refractivity contribution < 1.29 is 9.53 Å². The van der Waals surface area contributed by atoms with Crippen molar-refractivity contribution in [1.29, 1.82) is 0 Å². The zero-order valence-corrected chi connectivity index (χ0v) is 17.7. The van der Waals surface area contributed by atoms with Gasteiger partial charge >= 0.3 is 6.09 Å². The first-order valence-electron chi connectivity index (χ1n) is 11.3. The number of carbonyl (C=O) groups excluding carboxylic acids is 1. The smallest absolute Gasteiger partial charge is 0.409 e. The molecule has 0 spiro atoms. The van der Waals surface area contributed by atoms with Gasteiger partial charge in [0.2, 0.25) is 0 Å². The number of amides is 1. The molecule has 2 aromatic carbocycles. The molecule has 2 aromatic rings. The van der Waals surface area contributed by atoms with Crippen molar-refractivity contribution in [1.82, 2.24) is 4.90 Å². The van der Waals surface area contributed by atoms with Crippen molar-refractivity contribution in [3.8, 4) is 23.5 Å². The monoisotopic (exact) mass is 401 g/mol. The standard InChI is InChI=1S/C27H31NO2/c1-2-3-11-18-28(19-21-12-5-4-6-13-21)27(29)30-20-26-24-16-9-7-14-22(24)23-15-8-10-17-25(23)26/h1,7-10,14-17,21,26H,3-6,11-13,18-20H2. The Kier molecular flexibility index (Phi) is 6.74. The molecule has 0 radical (unpaired) electrons. The Morgan fingerprint density at radius 2 is 1.63 bits per heavy atom. The van der Waals surface area contributed by atoms with Crippen molar-refractivity contribution in [2.24, 2.45) is 5.92 Å². The van der Waals surface area contributed by atoms with Gasteiger partial charge < -0.3 is 9.64 Å². The highest BCUT2D eigenvalue weighted by molar-refractivity contribution is 5.79. The SMILES string of the molecule is C#CCCCN(CC1CCCCC1)C(=O)OCC1c2ccccc2-c2ccccc21. The number of benzene rings is 2. The summed E-state index contributed by atoms with van der Waals surface area (Å²) in [7, 11) is 0. The molecule has 1 saturated carbocycles. The number of carbonyl (C=O) groups is 1. The summed E-state index contributed by atoms with van der Waals surface area (Å²) < 4.78 is 5.91. The minimum atomic E-state index is -0.195. The number of ether oxygens (including phenoxy) is 1. The predicted octanol–water partition coefficient (Wildman–Crippen LogP) is 6.23. The van der Waals surface area contributed by atoms with Gasteiger partial charge in [-0.1, -0.05) is 67.8 Å². The average molecular weight is 402 g/mol. The summed E-state index contributed by atoms with van der Waals surface area (Å²) in [6, 6.07) is 16.9. The lowest BCUT2D eigenvalue weighted by Gasteiger charge is -2.29. The molecule has 1 amide bonds. The molecule has 0 unspecified atom stereocenters. The molecule has 3 heteroatoms. The van der Waals surface area contributed by atoms with E-state index in [4.69, 9.17) is 11.2 Å². The highest BCUT2D eigenvalue weighted by Gasteiger charge is 2.30. The van der Waals surface area contributed by atoms with Crippen LogP contribution in [0.15, 0.2) is 48.5 Å². The number of hydrogen-bond donors (Lipinski definition) is 0. The number of rotatable bonds is 7. The van der Waals surface area contributed by atoms with Crippen molar-refractivity contribution in [3.05, 3.63) is 59.7 Å². The summed E-state index contributed by atoms with van der Waals surface area (Å²) in [5, 5.41) is 0. The number of fused-ring (bicyclic) bond motifs is 3. The fraction of sp³-hybridized carbons (Fsp3) is 0.444. The molecule has 0 saturated heterocycles. The number of nitrogens with zero attached hydrogens (tertiary/aromatic N) is 1. The summed E-state index contributed by atoms with van der Waals surface area (Å²) in [5.41, 5.74) is 5.00. The first-order valence-corrected chi connectivity index (χ1v) is 11.3. The third-order valence-electron chi connectivity index (χ3n) is 6.55. The predicted molar refractivity (Wildman–Crippen MR) is 121 cm³/mol. The van der Waals surface area contributed by atoms with Crippen LogP contribution in [0.25, 0.3) is 11.1 Å². The van der Waals surface area contributed by atoms with E-state index < -0.39 is 0 Å². The third-order valence-corrected chi connectivity index (χ3v) is 6.55. The molecule has 2 aliphatic rings. The van der Waals surface area contributed by atoms with Crippen LogP contribution in [0.2, 0.25) is 0 Å². The molecule has 0 aliphatic heterocycles. The Labute approximate surface area is 180 Å². The Balaban J connectivity index is 1.44. The van der Waals surface area contributed by atoms with Crippen LogP contribution in [0, 0.1) is 18.3 Å². The highest BCUT2D eigenvalue weighted by atomic mass is 16.6. The number of terminal acetylenes is 1. The van der Waals surface area contributed by atoms with Gasteiger partial charge in [0.25, 0.3) is 0 Å². The van der Waals surface area contributed by atoms with Gasteiger partial charge in [0.1, 0.15) is 6.61 Å². The number of hydrogen-bond acceptors (Lipinski definition) is 2. The van der Waals surface area contributed by atoms with Gasteiger partial charge in [-0.05, 0) is 47.4 Å². The van der Waals surface area contributed by atoms with E-state index in [2.05, 4.69) is 54.5 Å². The number of unbranched alkanes of at least 4 members (excludes halogenated alkanes) is 1. The fourth-order valence-electron chi connectivity index (χ4n) is 5.00. The van der Waals surface area contributed by atoms with E-state index in [1.165, 1.54) is 54.4 Å². The van der Waals surface area contributed by atoms with Gasteiger partial charge in [0.05, 0.1) is 0 Å². The van der Waals surface area contributed by atoms with E-state index >= 15 is 0 Å². The molecule has 0 N–H and O–H groups in total. The quantitative estimate of drug-likeness (QED) is 0.406. The van der Waals surface area contributed by atoms with Gasteiger partial charge in [-0.3, -0.25) is 0 Å². The van der Waals surface area contributed by atoms with Crippen LogP contribution < -0.4 is 0 Å². The van der Waals surface area contributed by atoms with E-state index in [0.717, 1.165) is 13.0 Å². The maximum atomic E-state index is 13.0. The summed E-state index contributed by atoms with van der Waals surface area (Å²) in [4.78, 5) is 14.9. The first kappa shape index (κ1) is 20.5. The molecule has 0 heterocycles. The minimum absolute atomic E-state index is 0.101. The highest BCUT2D eigenvalue weighted by Crippen LogP contribution is 2.44. The van der Waals surface area contributed by atoms with Crippen LogP contribution in [0.1, 0.15) is 62.0 Å². The van der Waals surface area contributed by atoms with Crippen LogP contribution in [-0.4, -0.2) is 30.7 Å². The van der Waals surface area contributed by atoms with Gasteiger partial charge in [0.15, 0.2) is 0 Å². The van der Waals surface area contributed by atoms with Gasteiger partial charge in [-0.2, -0.15) is 0 Å². The second-order valence-electron chi connectivity index (χ2n) is 8.56. The maximum Gasteiger partial charge on any atom is 0.409 e. The topological polar surface area (TPSA) is 29.5 Å². The molecule has 156 valence electrons. The minimum Gasteiger partial charge on any atom is -0.448 e. The largest absolute Gasteiger partial charge is 0.448 e. The Morgan fingerprint density at radius 1 is 1.00 bits per heavy atom. The second kappa shape index (κ2) is 9.85. The molecule has 0 bridgehead atoms. The second-order valence-corrected chi connectivity index (χ2v) is 8.56. The van der Waals surface area contributed by atoms with Crippen LogP contribution >= 0.6 is 0 Å². The molecular weight excluding hydrogens is 370 g/mol. The van der Waals surface area contributed by atoms with Crippen LogP contribution in [0.5, 0.6) is 0 Å². The van der Waals surface area contributed by atoms with Gasteiger partial charge in [-0.25, -0.2) is 4.79 Å². The van der Waals surface area contributed by atoms with Crippen molar-refractivity contribution >= 4 is 6.09 Å². The van der Waals surface area contributed by atoms with Crippen molar-refractivity contribution in [3.63, 3.8) is 0 Å². The summed E-state index contributed by atoms with van der Waals surface area (Å²) in [5.74, 6) is 3.37. The van der Waals surface area contributed by atoms with Crippen molar-refractivity contribution in [2.45, 2.75) is 50.9 Å². The Morgan fingerprint density at radius 3 is 2.27 bits per heavy atom. The van der Waals surface area contributed by atoms with Gasteiger partial charge in [0, 0.05) is 25.4 Å². The molecule has 2 aliphatic carbocycles. The van der Waals surface area contributed by atoms with E-state index in [1.807, 2.05) is 4.90 Å². The van der Waals surface area contributed by atoms with Crippen LogP contribution in [-0.2, 0) is 4.74 Å².